The van der Waals surface area contributed by atoms with Crippen LogP contribution in [0, 0.1) is 23.6 Å². The number of H-pyrrole nitrogens is 2. The van der Waals surface area contributed by atoms with Crippen LogP contribution in [0.25, 0.3) is 44.7 Å². The van der Waals surface area contributed by atoms with Crippen molar-refractivity contribution in [1.29, 1.82) is 0 Å². The highest BCUT2D eigenvalue weighted by Crippen LogP contribution is 2.51. The summed E-state index contributed by atoms with van der Waals surface area (Å²) in [6, 6.07) is 9.21. The van der Waals surface area contributed by atoms with Crippen molar-refractivity contribution in [3.63, 3.8) is 0 Å². The monoisotopic (exact) mass is 960 g/mol. The van der Waals surface area contributed by atoms with Gasteiger partial charge in [-0.1, -0.05) is 40.7 Å². The molecule has 17 nitrogen and oxygen atoms in total. The summed E-state index contributed by atoms with van der Waals surface area (Å²) in [7, 11) is 2.55. The Morgan fingerprint density at radius 1 is 0.797 bits per heavy atom. The molecule has 4 N–H and O–H groups in total. The van der Waals surface area contributed by atoms with E-state index in [0.29, 0.717) is 71.3 Å². The number of rotatable bonds is 12. The number of aromatic amines is 2. The standard InChI is InChI=1S/C50H57FN10O7S/c1-24(2)41(57-49(64)66-6)46(62)59-14-8-10-35(59)43-52-21-32(55-43)27-12-13-34-29(17-27)19-37-40-31(51)18-28(20-38(40)68-48(61(34)37)39-23-54-45(69-39)30-16-26(30)5)33-22-53-44(56-33)36-11-9-15-60(36)47(63)42(25(3)4)58-50(65)67-7/h12-13,17-26,30,35-36,41-42,48H,8-11,14-16H2,1-7H3,(H,52,55)(H,53,56)(H,57,64)(H,58,65)/t26?,30?,35-,36-,41-,42-,48?/m0/s1. The molecule has 0 radical (unpaired) electrons. The maximum Gasteiger partial charge on any atom is 0.407 e. The maximum atomic E-state index is 16.9. The minimum absolute atomic E-state index is 0.154. The normalized spacial score (nSPS) is 21.5. The molecule has 4 amide bonds. The average molecular weight is 961 g/mol. The van der Waals surface area contributed by atoms with Crippen LogP contribution in [0.4, 0.5) is 14.0 Å². The number of fused-ring (bicyclic) bond motifs is 5. The van der Waals surface area contributed by atoms with E-state index in [1.54, 1.807) is 33.5 Å². The highest BCUT2D eigenvalue weighted by Gasteiger charge is 2.41. The molecular weight excluding hydrogens is 904 g/mol. The van der Waals surface area contributed by atoms with Crippen molar-refractivity contribution in [3.8, 4) is 39.5 Å². The van der Waals surface area contributed by atoms with Crippen molar-refractivity contribution in [2.75, 3.05) is 27.3 Å². The van der Waals surface area contributed by atoms with Gasteiger partial charge in [0.25, 0.3) is 0 Å². The van der Waals surface area contributed by atoms with Crippen LogP contribution in [0.2, 0.25) is 0 Å². The second-order valence-corrected chi connectivity index (χ2v) is 20.4. The van der Waals surface area contributed by atoms with Gasteiger partial charge in [0.2, 0.25) is 18.0 Å². The Morgan fingerprint density at radius 3 is 1.93 bits per heavy atom. The molecule has 362 valence electrons. The molecule has 2 aromatic carbocycles. The van der Waals surface area contributed by atoms with E-state index in [1.165, 1.54) is 20.3 Å². The van der Waals surface area contributed by atoms with Crippen LogP contribution in [0.5, 0.6) is 5.75 Å². The zero-order chi connectivity index (χ0) is 48.4. The van der Waals surface area contributed by atoms with Gasteiger partial charge in [0.1, 0.15) is 35.3 Å². The average Bonchev–Trinajstić information content (AvgIpc) is 4.12. The van der Waals surface area contributed by atoms with E-state index >= 15 is 4.39 Å². The summed E-state index contributed by atoms with van der Waals surface area (Å²) in [4.78, 5) is 77.5. The smallest absolute Gasteiger partial charge is 0.407 e. The highest BCUT2D eigenvalue weighted by atomic mass is 32.1. The fraction of sp³-hybridized carbons (Fsp3) is 0.460. The van der Waals surface area contributed by atoms with E-state index in [-0.39, 0.29) is 35.7 Å². The molecule has 4 aromatic heterocycles. The number of halogens is 1. The number of nitrogens with one attached hydrogen (secondary N) is 4. The van der Waals surface area contributed by atoms with Crippen LogP contribution in [-0.2, 0) is 19.1 Å². The van der Waals surface area contributed by atoms with E-state index in [0.717, 1.165) is 57.7 Å². The first-order valence-electron chi connectivity index (χ1n) is 23.7. The van der Waals surface area contributed by atoms with Gasteiger partial charge in [-0.05, 0) is 80.2 Å². The predicted molar refractivity (Wildman–Crippen MR) is 256 cm³/mol. The van der Waals surface area contributed by atoms with Crippen molar-refractivity contribution in [1.82, 2.24) is 49.9 Å². The topological polar surface area (TPSA) is 202 Å². The summed E-state index contributed by atoms with van der Waals surface area (Å²) < 4.78 is 35.5. The Bertz CT molecular complexity index is 2960. The van der Waals surface area contributed by atoms with Crippen molar-refractivity contribution >= 4 is 46.2 Å². The van der Waals surface area contributed by atoms with Gasteiger partial charge in [-0.2, -0.15) is 0 Å². The number of carbonyl (C=O) groups is 4. The lowest BCUT2D eigenvalue weighted by molar-refractivity contribution is -0.136. The molecule has 10 rings (SSSR count). The lowest BCUT2D eigenvalue weighted by atomic mass is 10.0. The van der Waals surface area contributed by atoms with Gasteiger partial charge >= 0.3 is 12.2 Å². The summed E-state index contributed by atoms with van der Waals surface area (Å²) >= 11 is 1.62. The SMILES string of the molecule is COC(=O)N[C@H](C(=O)N1CCC[C@H]1c1ncc(-c2cc(F)c3c(c2)OC(c2cnc(C4CC4C)s2)n2c-3cc3cc(-c4cnc([C@@H]5CCCN5C(=O)[C@@H](NC(=O)OC)C(C)C)[nH]4)ccc32)[nH]1)C(C)C. The van der Waals surface area contributed by atoms with Crippen LogP contribution < -0.4 is 15.4 Å². The number of nitrogens with zero attached hydrogens (tertiary/aromatic N) is 6. The Labute approximate surface area is 402 Å². The van der Waals surface area contributed by atoms with E-state index < -0.39 is 36.3 Å². The molecule has 4 aliphatic rings. The van der Waals surface area contributed by atoms with Gasteiger partial charge in [0.05, 0.1) is 76.7 Å². The first-order chi connectivity index (χ1) is 33.2. The molecular formula is C50H57FN10O7S. The van der Waals surface area contributed by atoms with Crippen LogP contribution in [0.15, 0.2) is 55.0 Å². The van der Waals surface area contributed by atoms with Gasteiger partial charge in [-0.15, -0.1) is 11.3 Å². The molecule has 7 heterocycles. The maximum absolute atomic E-state index is 16.9. The molecule has 3 unspecified atom stereocenters. The van der Waals surface area contributed by atoms with Gasteiger partial charge in [0, 0.05) is 41.7 Å². The number of amides is 4. The van der Waals surface area contributed by atoms with Crippen LogP contribution in [0.1, 0.15) is 112 Å². The first-order valence-corrected chi connectivity index (χ1v) is 24.6. The molecule has 19 heteroatoms. The minimum Gasteiger partial charge on any atom is -0.464 e. The summed E-state index contributed by atoms with van der Waals surface area (Å²) in [6.45, 7) is 10.8. The molecule has 1 aliphatic carbocycles. The van der Waals surface area contributed by atoms with Crippen molar-refractivity contribution in [2.45, 2.75) is 103 Å². The van der Waals surface area contributed by atoms with E-state index in [9.17, 15) is 19.2 Å². The van der Waals surface area contributed by atoms with Crippen LogP contribution in [0.3, 0.4) is 0 Å². The summed E-state index contributed by atoms with van der Waals surface area (Å²) in [5, 5.41) is 7.33. The number of benzene rings is 2. The van der Waals surface area contributed by atoms with Gasteiger partial charge < -0.3 is 44.6 Å². The predicted octanol–water partition coefficient (Wildman–Crippen LogP) is 8.84. The lowest BCUT2D eigenvalue weighted by Crippen LogP contribution is -2.51. The number of methoxy groups -OCH3 is 2. The van der Waals surface area contributed by atoms with Crippen molar-refractivity contribution in [2.24, 2.45) is 17.8 Å². The molecule has 3 fully saturated rings. The Balaban J connectivity index is 0.968. The Morgan fingerprint density at radius 2 is 1.38 bits per heavy atom. The number of ether oxygens (including phenoxy) is 3. The van der Waals surface area contributed by atoms with Crippen LogP contribution in [-0.4, -0.2) is 103 Å². The quantitative estimate of drug-likeness (QED) is 0.0918. The fourth-order valence-electron chi connectivity index (χ4n) is 10.2. The zero-order valence-electron chi connectivity index (χ0n) is 39.7. The lowest BCUT2D eigenvalue weighted by Gasteiger charge is -2.30. The fourth-order valence-corrected chi connectivity index (χ4v) is 11.4. The number of alkyl carbamates (subject to hydrolysis) is 2. The number of hydrogen-bond acceptors (Lipinski definition) is 11. The number of aromatic nitrogens is 6. The summed E-state index contributed by atoms with van der Waals surface area (Å²) in [5.74, 6) is 1.38. The number of likely N-dealkylation sites (tertiary alicyclic amines) is 2. The number of imidazole rings is 2. The van der Waals surface area contributed by atoms with Crippen molar-refractivity contribution in [3.05, 3.63) is 82.3 Å². The van der Waals surface area contributed by atoms with Crippen LogP contribution >= 0.6 is 11.3 Å². The third-order valence-electron chi connectivity index (χ3n) is 14.1. The van der Waals surface area contributed by atoms with E-state index in [1.807, 2.05) is 62.7 Å². The summed E-state index contributed by atoms with van der Waals surface area (Å²) in [5.41, 5.74) is 4.56. The molecule has 69 heavy (non-hydrogen) atoms. The van der Waals surface area contributed by atoms with E-state index in [4.69, 9.17) is 29.2 Å². The number of carbonyl (C=O) groups excluding carboxylic acids is 4. The summed E-state index contributed by atoms with van der Waals surface area (Å²) in [6.07, 6.45) is 7.38. The minimum atomic E-state index is -0.774. The number of hydrogen-bond donors (Lipinski definition) is 4. The second-order valence-electron chi connectivity index (χ2n) is 19.4. The molecule has 6 aromatic rings. The van der Waals surface area contributed by atoms with Crippen molar-refractivity contribution < 1.29 is 37.8 Å². The van der Waals surface area contributed by atoms with Gasteiger partial charge in [0.15, 0.2) is 0 Å². The zero-order valence-corrected chi connectivity index (χ0v) is 40.5. The van der Waals surface area contributed by atoms with Gasteiger partial charge in [-0.25, -0.2) is 28.9 Å². The highest BCUT2D eigenvalue weighted by molar-refractivity contribution is 7.11. The van der Waals surface area contributed by atoms with E-state index in [2.05, 4.69) is 33.6 Å². The third-order valence-corrected chi connectivity index (χ3v) is 15.3. The Kier molecular flexibility index (Phi) is 12.2. The molecule has 0 bridgehead atoms. The Hall–Kier alpha value is -6.76. The largest absolute Gasteiger partial charge is 0.464 e. The third kappa shape index (κ3) is 8.48. The molecule has 0 spiro atoms. The molecule has 7 atom stereocenters. The van der Waals surface area contributed by atoms with Gasteiger partial charge in [-0.3, -0.25) is 14.2 Å². The molecule has 3 aliphatic heterocycles. The molecule has 2 saturated heterocycles. The molecule has 1 saturated carbocycles. The first kappa shape index (κ1) is 46.0. The second kappa shape index (κ2) is 18.3. The number of thiazole rings is 1.